The van der Waals surface area contributed by atoms with Gasteiger partial charge in [-0.25, -0.2) is 0 Å². The van der Waals surface area contributed by atoms with Crippen LogP contribution in [-0.2, 0) is 12.8 Å². The Morgan fingerprint density at radius 2 is 1.11 bits per heavy atom. The normalized spacial score (nSPS) is 12.0. The quantitative estimate of drug-likeness (QED) is 0.256. The van der Waals surface area contributed by atoms with Crippen LogP contribution in [0.25, 0.3) is 22.3 Å². The molecule has 5 aromatic rings. The molecule has 180 valence electrons. The first-order valence-corrected chi connectivity index (χ1v) is 12.8. The van der Waals surface area contributed by atoms with Crippen LogP contribution in [0.5, 0.6) is 0 Å². The van der Waals surface area contributed by atoms with E-state index in [2.05, 4.69) is 109 Å². The Balaban J connectivity index is 1.42. The number of hydrogen-bond donors (Lipinski definition) is 0. The summed E-state index contributed by atoms with van der Waals surface area (Å²) in [7, 11) is 0. The zero-order valence-electron chi connectivity index (χ0n) is 21.1. The number of nitrogens with zero attached hydrogens (tertiary/aromatic N) is 3. The molecule has 1 aliphatic heterocycles. The topological polar surface area (TPSA) is 50.8 Å². The minimum atomic E-state index is 0.492. The van der Waals surface area contributed by atoms with Gasteiger partial charge in [0.15, 0.2) is 0 Å². The number of para-hydroxylation sites is 2. The molecule has 0 fully saturated rings. The van der Waals surface area contributed by atoms with Gasteiger partial charge in [0.25, 0.3) is 0 Å². The van der Waals surface area contributed by atoms with Crippen LogP contribution in [0.3, 0.4) is 0 Å². The molecule has 0 aromatic heterocycles. The molecule has 0 bridgehead atoms. The van der Waals surface area contributed by atoms with Gasteiger partial charge in [-0.05, 0) is 101 Å². The molecule has 3 heteroatoms. The van der Waals surface area contributed by atoms with E-state index in [4.69, 9.17) is 0 Å². The van der Waals surface area contributed by atoms with Crippen LogP contribution in [0.4, 0.5) is 17.1 Å². The van der Waals surface area contributed by atoms with Crippen molar-refractivity contribution in [3.8, 4) is 34.4 Å². The standard InChI is InChI=1S/C35H25N3/c1-24-32(9-6-10-33(24)30-20-25(22-36)19-26(21-30)23-37)27-15-17-31(18-16-27)38-34-11-4-2-7-28(34)13-14-29-8-3-5-12-35(29)38/h2-12,15-21H,13-14H2,1H3. The molecule has 5 aromatic carbocycles. The number of fused-ring (bicyclic) bond motifs is 2. The van der Waals surface area contributed by atoms with Crippen LogP contribution in [0.1, 0.15) is 27.8 Å². The van der Waals surface area contributed by atoms with Crippen LogP contribution in [0.2, 0.25) is 0 Å². The number of hydrogen-bond acceptors (Lipinski definition) is 3. The molecule has 0 radical (unpaired) electrons. The molecule has 0 atom stereocenters. The molecule has 0 spiro atoms. The summed E-state index contributed by atoms with van der Waals surface area (Å²) in [5.74, 6) is 0. The van der Waals surface area contributed by atoms with Crippen LogP contribution in [-0.4, -0.2) is 0 Å². The Kier molecular flexibility index (Phi) is 5.97. The van der Waals surface area contributed by atoms with E-state index in [0.29, 0.717) is 11.1 Å². The molecule has 0 saturated carbocycles. The van der Waals surface area contributed by atoms with Crippen molar-refractivity contribution < 1.29 is 0 Å². The second-order valence-electron chi connectivity index (χ2n) is 9.64. The molecule has 0 amide bonds. The fourth-order valence-corrected chi connectivity index (χ4v) is 5.52. The first kappa shape index (κ1) is 23.3. The Labute approximate surface area is 223 Å². The van der Waals surface area contributed by atoms with E-state index in [-0.39, 0.29) is 0 Å². The molecule has 3 nitrogen and oxygen atoms in total. The third-order valence-corrected chi connectivity index (χ3v) is 7.40. The van der Waals surface area contributed by atoms with Gasteiger partial charge < -0.3 is 4.90 Å². The predicted octanol–water partition coefficient (Wildman–Crippen LogP) is 8.64. The summed E-state index contributed by atoms with van der Waals surface area (Å²) in [5.41, 5.74) is 12.6. The predicted molar refractivity (Wildman–Crippen MR) is 154 cm³/mol. The zero-order valence-corrected chi connectivity index (χ0v) is 21.1. The fourth-order valence-electron chi connectivity index (χ4n) is 5.52. The molecule has 38 heavy (non-hydrogen) atoms. The van der Waals surface area contributed by atoms with Crippen molar-refractivity contribution in [1.82, 2.24) is 0 Å². The maximum absolute atomic E-state index is 9.44. The number of nitriles is 2. The number of benzene rings is 5. The van der Waals surface area contributed by atoms with Crippen molar-refractivity contribution in [2.45, 2.75) is 19.8 Å². The lowest BCUT2D eigenvalue weighted by atomic mass is 9.91. The van der Waals surface area contributed by atoms with Crippen molar-refractivity contribution in [3.63, 3.8) is 0 Å². The average Bonchev–Trinajstić information content (AvgIpc) is 3.14. The smallest absolute Gasteiger partial charge is 0.0992 e. The number of aryl methyl sites for hydroxylation is 2. The first-order valence-electron chi connectivity index (χ1n) is 12.8. The van der Waals surface area contributed by atoms with Crippen LogP contribution < -0.4 is 4.90 Å². The Morgan fingerprint density at radius 3 is 1.66 bits per heavy atom. The summed E-state index contributed by atoms with van der Waals surface area (Å²) in [6, 6.07) is 42.0. The molecule has 6 rings (SSSR count). The highest BCUT2D eigenvalue weighted by Crippen LogP contribution is 2.42. The number of anilines is 3. The lowest BCUT2D eigenvalue weighted by molar-refractivity contribution is 0.977. The molecule has 0 saturated heterocycles. The maximum Gasteiger partial charge on any atom is 0.0992 e. The largest absolute Gasteiger partial charge is 0.310 e. The van der Waals surface area contributed by atoms with E-state index < -0.39 is 0 Å². The summed E-state index contributed by atoms with van der Waals surface area (Å²) in [6.07, 6.45) is 2.04. The fraction of sp³-hybridized carbons (Fsp3) is 0.0857. The van der Waals surface area contributed by atoms with Gasteiger partial charge in [-0.1, -0.05) is 66.7 Å². The summed E-state index contributed by atoms with van der Waals surface area (Å²) >= 11 is 0. The van der Waals surface area contributed by atoms with Gasteiger partial charge >= 0.3 is 0 Å². The molecule has 1 aliphatic rings. The minimum absolute atomic E-state index is 0.492. The molecular weight excluding hydrogens is 462 g/mol. The van der Waals surface area contributed by atoms with Gasteiger partial charge in [-0.15, -0.1) is 0 Å². The van der Waals surface area contributed by atoms with E-state index in [1.165, 1.54) is 22.5 Å². The van der Waals surface area contributed by atoms with Crippen molar-refractivity contribution in [3.05, 3.63) is 137 Å². The van der Waals surface area contributed by atoms with E-state index in [1.807, 2.05) is 18.2 Å². The Morgan fingerprint density at radius 1 is 0.579 bits per heavy atom. The zero-order chi connectivity index (χ0) is 26.1. The van der Waals surface area contributed by atoms with Crippen LogP contribution >= 0.6 is 0 Å². The highest BCUT2D eigenvalue weighted by Gasteiger charge is 2.21. The lowest BCUT2D eigenvalue weighted by Crippen LogP contribution is -2.11. The van der Waals surface area contributed by atoms with Crippen LogP contribution in [0.15, 0.2) is 109 Å². The monoisotopic (exact) mass is 487 g/mol. The lowest BCUT2D eigenvalue weighted by Gasteiger charge is -2.27. The van der Waals surface area contributed by atoms with Gasteiger partial charge in [0.05, 0.1) is 23.3 Å². The number of rotatable bonds is 3. The van der Waals surface area contributed by atoms with Gasteiger partial charge in [-0.2, -0.15) is 10.5 Å². The van der Waals surface area contributed by atoms with Crippen molar-refractivity contribution in [2.24, 2.45) is 0 Å². The van der Waals surface area contributed by atoms with E-state index in [9.17, 15) is 10.5 Å². The minimum Gasteiger partial charge on any atom is -0.310 e. The third kappa shape index (κ3) is 4.11. The summed E-state index contributed by atoms with van der Waals surface area (Å²) in [4.78, 5) is 2.38. The van der Waals surface area contributed by atoms with Gasteiger partial charge in [0.1, 0.15) is 0 Å². The highest BCUT2D eigenvalue weighted by molar-refractivity contribution is 5.84. The van der Waals surface area contributed by atoms with Crippen LogP contribution in [0, 0.1) is 29.6 Å². The second-order valence-corrected chi connectivity index (χ2v) is 9.64. The van der Waals surface area contributed by atoms with Gasteiger partial charge in [-0.3, -0.25) is 0 Å². The molecule has 0 unspecified atom stereocenters. The van der Waals surface area contributed by atoms with E-state index >= 15 is 0 Å². The van der Waals surface area contributed by atoms with E-state index in [1.54, 1.807) is 6.07 Å². The second kappa shape index (κ2) is 9.74. The molecular formula is C35H25N3. The maximum atomic E-state index is 9.44. The van der Waals surface area contributed by atoms with Gasteiger partial charge in [0, 0.05) is 17.1 Å². The Hall–Kier alpha value is -5.12. The highest BCUT2D eigenvalue weighted by atomic mass is 15.1. The van der Waals surface area contributed by atoms with E-state index in [0.717, 1.165) is 46.3 Å². The van der Waals surface area contributed by atoms with Crippen molar-refractivity contribution >= 4 is 17.1 Å². The SMILES string of the molecule is Cc1c(-c2ccc(N3c4ccccc4CCc4ccccc43)cc2)cccc1-c1cc(C#N)cc(C#N)c1. The molecule has 0 aliphatic carbocycles. The van der Waals surface area contributed by atoms with Gasteiger partial charge in [0.2, 0.25) is 0 Å². The summed E-state index contributed by atoms with van der Waals surface area (Å²) in [6.45, 7) is 2.10. The molecule has 1 heterocycles. The average molecular weight is 488 g/mol. The summed E-state index contributed by atoms with van der Waals surface area (Å²) < 4.78 is 0. The summed E-state index contributed by atoms with van der Waals surface area (Å²) in [5, 5.41) is 18.9. The third-order valence-electron chi connectivity index (χ3n) is 7.40. The molecule has 0 N–H and O–H groups in total. The Bertz CT molecular complexity index is 1670. The first-order chi connectivity index (χ1) is 18.7. The van der Waals surface area contributed by atoms with Crippen molar-refractivity contribution in [1.29, 1.82) is 10.5 Å². The van der Waals surface area contributed by atoms with Crippen molar-refractivity contribution in [2.75, 3.05) is 4.90 Å².